The van der Waals surface area contributed by atoms with Crippen molar-refractivity contribution >= 4 is 17.6 Å². The molecule has 1 aromatic rings. The minimum atomic E-state index is -0.462. The van der Waals surface area contributed by atoms with Gasteiger partial charge in [-0.15, -0.1) is 0 Å². The second-order valence-corrected chi connectivity index (χ2v) is 7.13. The van der Waals surface area contributed by atoms with Gasteiger partial charge < -0.3 is 20.4 Å². The summed E-state index contributed by atoms with van der Waals surface area (Å²) >= 11 is 0. The van der Waals surface area contributed by atoms with Crippen LogP contribution in [0.25, 0.3) is 0 Å². The average molecular weight is 362 g/mol. The highest BCUT2D eigenvalue weighted by atomic mass is 19.1. The molecule has 0 radical (unpaired) electrons. The van der Waals surface area contributed by atoms with Crippen LogP contribution in [0.4, 0.5) is 14.9 Å². The second-order valence-electron chi connectivity index (χ2n) is 7.13. The Labute approximate surface area is 153 Å². The summed E-state index contributed by atoms with van der Waals surface area (Å²) in [4.78, 5) is 28.8. The molecule has 3 rings (SSSR count). The zero-order valence-electron chi connectivity index (χ0n) is 15.2. The van der Waals surface area contributed by atoms with Crippen molar-refractivity contribution in [3.63, 3.8) is 0 Å². The predicted molar refractivity (Wildman–Crippen MR) is 98.4 cm³/mol. The molecule has 0 aliphatic carbocycles. The fourth-order valence-electron chi connectivity index (χ4n) is 3.78. The minimum Gasteiger partial charge on any atom is -0.342 e. The summed E-state index contributed by atoms with van der Waals surface area (Å²) in [5.74, 6) is -0.536. The Bertz CT molecular complexity index is 648. The van der Waals surface area contributed by atoms with Crippen LogP contribution in [0, 0.1) is 11.7 Å². The van der Waals surface area contributed by atoms with Gasteiger partial charge in [-0.1, -0.05) is 12.1 Å². The van der Waals surface area contributed by atoms with Crippen molar-refractivity contribution < 1.29 is 14.0 Å². The fourth-order valence-corrected chi connectivity index (χ4v) is 3.78. The summed E-state index contributed by atoms with van der Waals surface area (Å²) in [6.07, 6.45) is 3.50. The van der Waals surface area contributed by atoms with E-state index in [4.69, 9.17) is 0 Å². The number of halogens is 1. The topological polar surface area (TPSA) is 64.7 Å². The minimum absolute atomic E-state index is 0.111. The molecule has 2 N–H and O–H groups in total. The SMILES string of the molecule is CN(C(=O)C1CCCN(C(=O)Nc2ccccc2F)C1)C1CCNCC1. The summed E-state index contributed by atoms with van der Waals surface area (Å²) in [7, 11) is 1.87. The first-order valence-electron chi connectivity index (χ1n) is 9.34. The Kier molecular flexibility index (Phi) is 6.08. The molecule has 2 aliphatic heterocycles. The van der Waals surface area contributed by atoms with E-state index in [0.29, 0.717) is 13.1 Å². The fraction of sp³-hybridized carbons (Fsp3) is 0.579. The Morgan fingerprint density at radius 3 is 2.69 bits per heavy atom. The number of likely N-dealkylation sites (tertiary alicyclic amines) is 1. The van der Waals surface area contributed by atoms with Gasteiger partial charge in [0.05, 0.1) is 11.6 Å². The van der Waals surface area contributed by atoms with Gasteiger partial charge >= 0.3 is 6.03 Å². The number of benzene rings is 1. The van der Waals surface area contributed by atoms with Crippen LogP contribution in [0.2, 0.25) is 0 Å². The lowest BCUT2D eigenvalue weighted by atomic mass is 9.95. The highest BCUT2D eigenvalue weighted by molar-refractivity contribution is 5.90. The number of hydrogen-bond donors (Lipinski definition) is 2. The quantitative estimate of drug-likeness (QED) is 0.867. The van der Waals surface area contributed by atoms with Crippen molar-refractivity contribution in [1.82, 2.24) is 15.1 Å². The number of anilines is 1. The molecule has 1 unspecified atom stereocenters. The maximum Gasteiger partial charge on any atom is 0.321 e. The highest BCUT2D eigenvalue weighted by Crippen LogP contribution is 2.22. The summed E-state index contributed by atoms with van der Waals surface area (Å²) in [5.41, 5.74) is 0.165. The molecule has 2 saturated heterocycles. The standard InChI is InChI=1S/C19H27FN4O2/c1-23(15-8-10-21-11-9-15)18(25)14-5-4-12-24(13-14)19(26)22-17-7-3-2-6-16(17)20/h2-3,6-7,14-15,21H,4-5,8-13H2,1H3,(H,22,26). The molecule has 1 aromatic carbocycles. The maximum atomic E-state index is 13.7. The van der Waals surface area contributed by atoms with Gasteiger partial charge in [-0.25, -0.2) is 9.18 Å². The number of hydrogen-bond acceptors (Lipinski definition) is 3. The first kappa shape index (κ1) is 18.6. The van der Waals surface area contributed by atoms with E-state index in [2.05, 4.69) is 10.6 Å². The lowest BCUT2D eigenvalue weighted by Gasteiger charge is -2.37. The average Bonchev–Trinajstić information content (AvgIpc) is 2.69. The third kappa shape index (κ3) is 4.33. The number of piperidine rings is 2. The van der Waals surface area contributed by atoms with E-state index in [-0.39, 0.29) is 29.6 Å². The van der Waals surface area contributed by atoms with E-state index in [1.165, 1.54) is 12.1 Å². The van der Waals surface area contributed by atoms with E-state index in [1.807, 2.05) is 11.9 Å². The van der Waals surface area contributed by atoms with Gasteiger partial charge in [-0.05, 0) is 50.9 Å². The number of carbonyl (C=O) groups excluding carboxylic acids is 2. The number of para-hydroxylation sites is 1. The van der Waals surface area contributed by atoms with Crippen LogP contribution < -0.4 is 10.6 Å². The van der Waals surface area contributed by atoms with E-state index < -0.39 is 5.82 Å². The number of nitrogens with one attached hydrogen (secondary N) is 2. The molecule has 0 spiro atoms. The van der Waals surface area contributed by atoms with Gasteiger partial charge in [0.2, 0.25) is 5.91 Å². The Morgan fingerprint density at radius 1 is 1.23 bits per heavy atom. The lowest BCUT2D eigenvalue weighted by molar-refractivity contribution is -0.138. The van der Waals surface area contributed by atoms with Crippen LogP contribution in [-0.4, -0.2) is 61.0 Å². The number of nitrogens with zero attached hydrogens (tertiary/aromatic N) is 2. The van der Waals surface area contributed by atoms with Crippen LogP contribution >= 0.6 is 0 Å². The van der Waals surface area contributed by atoms with E-state index >= 15 is 0 Å². The van der Waals surface area contributed by atoms with E-state index in [9.17, 15) is 14.0 Å². The van der Waals surface area contributed by atoms with Crippen molar-refractivity contribution in [2.75, 3.05) is 38.5 Å². The molecule has 0 bridgehead atoms. The molecular formula is C19H27FN4O2. The summed E-state index contributed by atoms with van der Waals surface area (Å²) in [5, 5.41) is 5.92. The zero-order valence-corrected chi connectivity index (χ0v) is 15.2. The normalized spacial score (nSPS) is 21.3. The molecule has 1 atom stereocenters. The molecule has 26 heavy (non-hydrogen) atoms. The van der Waals surface area contributed by atoms with Crippen LogP contribution in [0.3, 0.4) is 0 Å². The van der Waals surface area contributed by atoms with Gasteiger partial charge in [-0.2, -0.15) is 0 Å². The monoisotopic (exact) mass is 362 g/mol. The molecule has 2 aliphatic rings. The maximum absolute atomic E-state index is 13.7. The van der Waals surface area contributed by atoms with Crippen LogP contribution in [0.15, 0.2) is 24.3 Å². The molecule has 7 heteroatoms. The molecule has 2 fully saturated rings. The predicted octanol–water partition coefficient (Wildman–Crippen LogP) is 2.28. The lowest BCUT2D eigenvalue weighted by Crippen LogP contribution is -2.50. The third-order valence-corrected chi connectivity index (χ3v) is 5.38. The Hall–Kier alpha value is -2.15. The molecule has 0 aromatic heterocycles. The molecule has 0 saturated carbocycles. The number of carbonyl (C=O) groups is 2. The molecule has 6 nitrogen and oxygen atoms in total. The smallest absolute Gasteiger partial charge is 0.321 e. The van der Waals surface area contributed by atoms with Crippen LogP contribution in [-0.2, 0) is 4.79 Å². The molecule has 142 valence electrons. The van der Waals surface area contributed by atoms with E-state index in [1.54, 1.807) is 17.0 Å². The van der Waals surface area contributed by atoms with Gasteiger partial charge in [0.25, 0.3) is 0 Å². The number of urea groups is 1. The largest absolute Gasteiger partial charge is 0.342 e. The van der Waals surface area contributed by atoms with Crippen LogP contribution in [0.1, 0.15) is 25.7 Å². The Balaban J connectivity index is 1.58. The highest BCUT2D eigenvalue weighted by Gasteiger charge is 2.32. The second kappa shape index (κ2) is 8.49. The van der Waals surface area contributed by atoms with E-state index in [0.717, 1.165) is 38.8 Å². The van der Waals surface area contributed by atoms with Crippen molar-refractivity contribution in [2.24, 2.45) is 5.92 Å². The van der Waals surface area contributed by atoms with Crippen LogP contribution in [0.5, 0.6) is 0 Å². The van der Waals surface area contributed by atoms with Gasteiger partial charge in [-0.3, -0.25) is 4.79 Å². The summed E-state index contributed by atoms with van der Waals surface area (Å²) in [6.45, 7) is 2.84. The van der Waals surface area contributed by atoms with Crippen molar-refractivity contribution in [3.05, 3.63) is 30.1 Å². The van der Waals surface area contributed by atoms with Crippen molar-refractivity contribution in [1.29, 1.82) is 0 Å². The van der Waals surface area contributed by atoms with Gasteiger partial charge in [0.15, 0.2) is 0 Å². The third-order valence-electron chi connectivity index (χ3n) is 5.38. The van der Waals surface area contributed by atoms with Gasteiger partial charge in [0, 0.05) is 26.2 Å². The van der Waals surface area contributed by atoms with Gasteiger partial charge in [0.1, 0.15) is 5.82 Å². The summed E-state index contributed by atoms with van der Waals surface area (Å²) < 4.78 is 13.7. The number of amides is 3. The molecule has 2 heterocycles. The van der Waals surface area contributed by atoms with Crippen molar-refractivity contribution in [3.8, 4) is 0 Å². The first-order chi connectivity index (χ1) is 12.6. The molecule has 3 amide bonds. The number of rotatable bonds is 3. The first-order valence-corrected chi connectivity index (χ1v) is 9.34. The molecular weight excluding hydrogens is 335 g/mol. The zero-order chi connectivity index (χ0) is 18.5. The van der Waals surface area contributed by atoms with Crippen molar-refractivity contribution in [2.45, 2.75) is 31.7 Å². The summed E-state index contributed by atoms with van der Waals surface area (Å²) in [6, 6.07) is 6.02. The Morgan fingerprint density at radius 2 is 1.96 bits per heavy atom.